The van der Waals surface area contributed by atoms with Crippen LogP contribution in [0.25, 0.3) is 6.08 Å². The maximum Gasteiger partial charge on any atom is 0.335 e. The number of aromatic nitrogens is 1. The van der Waals surface area contributed by atoms with Crippen molar-refractivity contribution in [2.45, 2.75) is 27.3 Å². The molecule has 1 saturated heterocycles. The standard InChI is InChI=1S/C20H19N3O4S/c1-4-22-11(2)8-14(12(22)3)10-16-17(24)21-20(28)23(18(16)25)15-7-5-6-13(9-15)19(26)27/h5-10H,4H2,1-3H3,(H,26,27)(H,21,24,28). The van der Waals surface area contributed by atoms with Gasteiger partial charge >= 0.3 is 5.97 Å². The molecule has 0 radical (unpaired) electrons. The van der Waals surface area contributed by atoms with Crippen molar-refractivity contribution in [3.8, 4) is 0 Å². The van der Waals surface area contributed by atoms with E-state index in [1.165, 1.54) is 18.2 Å². The number of rotatable bonds is 4. The van der Waals surface area contributed by atoms with Crippen molar-refractivity contribution in [1.29, 1.82) is 0 Å². The molecule has 2 amide bonds. The zero-order chi connectivity index (χ0) is 20.6. The summed E-state index contributed by atoms with van der Waals surface area (Å²) in [7, 11) is 0. The molecule has 1 aromatic carbocycles. The van der Waals surface area contributed by atoms with Gasteiger partial charge in [-0.15, -0.1) is 0 Å². The van der Waals surface area contributed by atoms with Gasteiger partial charge in [0.1, 0.15) is 5.57 Å². The minimum Gasteiger partial charge on any atom is -0.478 e. The van der Waals surface area contributed by atoms with E-state index in [1.54, 1.807) is 12.1 Å². The van der Waals surface area contributed by atoms with Crippen molar-refractivity contribution in [3.05, 3.63) is 58.4 Å². The number of aryl methyl sites for hydroxylation is 1. The molecule has 0 unspecified atom stereocenters. The van der Waals surface area contributed by atoms with Gasteiger partial charge in [0.05, 0.1) is 11.3 Å². The monoisotopic (exact) mass is 397 g/mol. The highest BCUT2D eigenvalue weighted by Gasteiger charge is 2.35. The van der Waals surface area contributed by atoms with Crippen LogP contribution >= 0.6 is 12.2 Å². The van der Waals surface area contributed by atoms with Gasteiger partial charge in [-0.2, -0.15) is 0 Å². The summed E-state index contributed by atoms with van der Waals surface area (Å²) in [5, 5.41) is 11.6. The van der Waals surface area contributed by atoms with Crippen LogP contribution in [0.1, 0.15) is 34.2 Å². The lowest BCUT2D eigenvalue weighted by molar-refractivity contribution is -0.122. The number of hydrogen-bond donors (Lipinski definition) is 2. The molecule has 28 heavy (non-hydrogen) atoms. The van der Waals surface area contributed by atoms with Crippen molar-refractivity contribution in [1.82, 2.24) is 9.88 Å². The molecule has 0 bridgehead atoms. The maximum absolute atomic E-state index is 13.1. The summed E-state index contributed by atoms with van der Waals surface area (Å²) in [6.07, 6.45) is 1.54. The molecule has 7 nitrogen and oxygen atoms in total. The molecular formula is C20H19N3O4S. The number of thiocarbonyl (C=S) groups is 1. The van der Waals surface area contributed by atoms with Gasteiger partial charge in [-0.25, -0.2) is 4.79 Å². The van der Waals surface area contributed by atoms with Crippen molar-refractivity contribution in [2.75, 3.05) is 4.90 Å². The number of carboxylic acid groups (broad SMARTS) is 1. The summed E-state index contributed by atoms with van der Waals surface area (Å²) in [6.45, 7) is 6.68. The minimum absolute atomic E-state index is 0.0158. The SMILES string of the molecule is CCn1c(C)cc(C=C2C(=O)NC(=S)N(c3cccc(C(=O)O)c3)C2=O)c1C. The third-order valence-electron chi connectivity index (χ3n) is 4.68. The molecule has 144 valence electrons. The molecule has 3 rings (SSSR count). The van der Waals surface area contributed by atoms with E-state index in [0.29, 0.717) is 0 Å². The van der Waals surface area contributed by atoms with Crippen LogP contribution in [0.2, 0.25) is 0 Å². The lowest BCUT2D eigenvalue weighted by atomic mass is 10.1. The van der Waals surface area contributed by atoms with E-state index in [0.717, 1.165) is 28.4 Å². The van der Waals surface area contributed by atoms with Crippen LogP contribution in [0.4, 0.5) is 5.69 Å². The van der Waals surface area contributed by atoms with Gasteiger partial charge in [-0.3, -0.25) is 19.8 Å². The Morgan fingerprint density at radius 1 is 1.25 bits per heavy atom. The fourth-order valence-electron chi connectivity index (χ4n) is 3.29. The van der Waals surface area contributed by atoms with Gasteiger partial charge in [-0.1, -0.05) is 6.07 Å². The van der Waals surface area contributed by atoms with Gasteiger partial charge in [0.2, 0.25) is 0 Å². The highest BCUT2D eigenvalue weighted by molar-refractivity contribution is 7.80. The first-order chi connectivity index (χ1) is 13.2. The Morgan fingerprint density at radius 2 is 1.96 bits per heavy atom. The van der Waals surface area contributed by atoms with Crippen molar-refractivity contribution in [3.63, 3.8) is 0 Å². The van der Waals surface area contributed by atoms with Crippen molar-refractivity contribution in [2.24, 2.45) is 0 Å². The Bertz CT molecular complexity index is 1050. The zero-order valence-electron chi connectivity index (χ0n) is 15.6. The third kappa shape index (κ3) is 3.34. The highest BCUT2D eigenvalue weighted by Crippen LogP contribution is 2.25. The summed E-state index contributed by atoms with van der Waals surface area (Å²) < 4.78 is 2.08. The number of aromatic carboxylic acids is 1. The quantitative estimate of drug-likeness (QED) is 0.470. The molecule has 0 aliphatic carbocycles. The number of carbonyl (C=O) groups excluding carboxylic acids is 2. The van der Waals surface area contributed by atoms with E-state index in [-0.39, 0.29) is 21.9 Å². The van der Waals surface area contributed by atoms with Crippen molar-refractivity contribution < 1.29 is 19.5 Å². The average Bonchev–Trinajstić information content (AvgIpc) is 2.91. The van der Waals surface area contributed by atoms with Gasteiger partial charge in [0.15, 0.2) is 5.11 Å². The van der Waals surface area contributed by atoms with Crippen LogP contribution in [0.15, 0.2) is 35.9 Å². The molecule has 0 spiro atoms. The lowest BCUT2D eigenvalue weighted by Crippen LogP contribution is -2.54. The van der Waals surface area contributed by atoms with E-state index in [1.807, 2.05) is 26.8 Å². The summed E-state index contributed by atoms with van der Waals surface area (Å²) in [4.78, 5) is 37.9. The van der Waals surface area contributed by atoms with Crippen LogP contribution in [0.5, 0.6) is 0 Å². The molecule has 2 aromatic rings. The highest BCUT2D eigenvalue weighted by atomic mass is 32.1. The smallest absolute Gasteiger partial charge is 0.335 e. The zero-order valence-corrected chi connectivity index (χ0v) is 16.5. The molecule has 2 heterocycles. The number of nitrogens with zero attached hydrogens (tertiary/aromatic N) is 2. The van der Waals surface area contributed by atoms with E-state index in [9.17, 15) is 19.5 Å². The molecule has 0 saturated carbocycles. The number of carbonyl (C=O) groups is 3. The predicted octanol–water partition coefficient (Wildman–Crippen LogP) is 2.65. The third-order valence-corrected chi connectivity index (χ3v) is 4.97. The van der Waals surface area contributed by atoms with Crippen LogP contribution in [0, 0.1) is 13.8 Å². The molecule has 8 heteroatoms. The van der Waals surface area contributed by atoms with Crippen LogP contribution in [-0.2, 0) is 16.1 Å². The Morgan fingerprint density at radius 3 is 2.57 bits per heavy atom. The lowest BCUT2D eigenvalue weighted by Gasteiger charge is -2.29. The minimum atomic E-state index is -1.12. The Balaban J connectivity index is 2.06. The number of hydrogen-bond acceptors (Lipinski definition) is 4. The van der Waals surface area contributed by atoms with E-state index < -0.39 is 17.8 Å². The predicted molar refractivity (Wildman–Crippen MR) is 109 cm³/mol. The number of carboxylic acids is 1. The average molecular weight is 397 g/mol. The first kappa shape index (κ1) is 19.5. The van der Waals surface area contributed by atoms with E-state index in [4.69, 9.17) is 12.2 Å². The summed E-state index contributed by atoms with van der Waals surface area (Å²) >= 11 is 5.15. The Labute approximate surface area is 167 Å². The first-order valence-corrected chi connectivity index (χ1v) is 9.07. The molecule has 2 N–H and O–H groups in total. The van der Waals surface area contributed by atoms with Gasteiger partial charge in [0.25, 0.3) is 11.8 Å². The summed E-state index contributed by atoms with van der Waals surface area (Å²) in [5.41, 5.74) is 2.97. The van der Waals surface area contributed by atoms with E-state index >= 15 is 0 Å². The molecule has 1 aliphatic heterocycles. The number of amides is 2. The van der Waals surface area contributed by atoms with Crippen LogP contribution in [-0.4, -0.2) is 32.6 Å². The first-order valence-electron chi connectivity index (χ1n) is 8.66. The second kappa shape index (κ2) is 7.40. The second-order valence-electron chi connectivity index (χ2n) is 6.38. The molecule has 1 fully saturated rings. The Kier molecular flexibility index (Phi) is 5.15. The molecular weight excluding hydrogens is 378 g/mol. The van der Waals surface area contributed by atoms with Crippen molar-refractivity contribution >= 4 is 46.9 Å². The molecule has 1 aliphatic rings. The van der Waals surface area contributed by atoms with Gasteiger partial charge in [-0.05, 0) is 68.9 Å². The summed E-state index contributed by atoms with van der Waals surface area (Å²) in [6, 6.07) is 7.75. The second-order valence-corrected chi connectivity index (χ2v) is 6.77. The maximum atomic E-state index is 13.1. The number of benzene rings is 1. The summed E-state index contributed by atoms with van der Waals surface area (Å²) in [5.74, 6) is -2.30. The normalized spacial score (nSPS) is 15.9. The topological polar surface area (TPSA) is 91.6 Å². The molecule has 1 aromatic heterocycles. The Hall–Kier alpha value is -3.26. The fourth-order valence-corrected chi connectivity index (χ4v) is 3.57. The fraction of sp³-hybridized carbons (Fsp3) is 0.200. The molecule has 0 atom stereocenters. The van der Waals surface area contributed by atoms with E-state index in [2.05, 4.69) is 9.88 Å². The van der Waals surface area contributed by atoms with Crippen LogP contribution < -0.4 is 10.2 Å². The van der Waals surface area contributed by atoms with Crippen LogP contribution in [0.3, 0.4) is 0 Å². The number of anilines is 1. The largest absolute Gasteiger partial charge is 0.478 e. The number of nitrogens with one attached hydrogen (secondary N) is 1. The van der Waals surface area contributed by atoms with Gasteiger partial charge in [0, 0.05) is 17.9 Å². The van der Waals surface area contributed by atoms with Gasteiger partial charge < -0.3 is 9.67 Å².